The molecule has 1 fully saturated rings. The van der Waals surface area contributed by atoms with Gasteiger partial charge >= 0.3 is 0 Å². The SMILES string of the molecule is C=CCc1ccccc1OCCOCC[NH+]1CCCCC1. The van der Waals surface area contributed by atoms with E-state index >= 15 is 0 Å². The van der Waals surface area contributed by atoms with E-state index in [2.05, 4.69) is 12.6 Å². The van der Waals surface area contributed by atoms with Crippen LogP contribution in [-0.4, -0.2) is 39.5 Å². The maximum atomic E-state index is 5.80. The second-order valence-electron chi connectivity index (χ2n) is 5.62. The van der Waals surface area contributed by atoms with E-state index in [4.69, 9.17) is 9.47 Å². The number of likely N-dealkylation sites (tertiary alicyclic amines) is 1. The Morgan fingerprint density at radius 3 is 2.67 bits per heavy atom. The van der Waals surface area contributed by atoms with Gasteiger partial charge in [-0.05, 0) is 37.3 Å². The lowest BCUT2D eigenvalue weighted by atomic mass is 10.1. The van der Waals surface area contributed by atoms with Crippen molar-refractivity contribution in [3.8, 4) is 5.75 Å². The van der Waals surface area contributed by atoms with Gasteiger partial charge in [-0.2, -0.15) is 0 Å². The summed E-state index contributed by atoms with van der Waals surface area (Å²) in [5, 5.41) is 0. The molecule has 1 heterocycles. The molecule has 0 radical (unpaired) electrons. The second-order valence-corrected chi connectivity index (χ2v) is 5.62. The lowest BCUT2D eigenvalue weighted by Crippen LogP contribution is -3.13. The predicted molar refractivity (Wildman–Crippen MR) is 86.1 cm³/mol. The normalized spacial score (nSPS) is 15.8. The van der Waals surface area contributed by atoms with Gasteiger partial charge in [-0.15, -0.1) is 6.58 Å². The molecule has 116 valence electrons. The third-order valence-electron chi connectivity index (χ3n) is 3.98. The monoisotopic (exact) mass is 290 g/mol. The summed E-state index contributed by atoms with van der Waals surface area (Å²) in [6.07, 6.45) is 6.90. The third kappa shape index (κ3) is 5.90. The highest BCUT2D eigenvalue weighted by atomic mass is 16.5. The predicted octanol–water partition coefficient (Wildman–Crippen LogP) is 1.88. The fraction of sp³-hybridized carbons (Fsp3) is 0.556. The minimum absolute atomic E-state index is 0.615. The molecule has 0 saturated carbocycles. The molecule has 1 aromatic carbocycles. The van der Waals surface area contributed by atoms with E-state index in [1.807, 2.05) is 24.3 Å². The van der Waals surface area contributed by atoms with E-state index in [9.17, 15) is 0 Å². The Labute approximate surface area is 128 Å². The van der Waals surface area contributed by atoms with E-state index < -0.39 is 0 Å². The molecule has 0 aromatic heterocycles. The van der Waals surface area contributed by atoms with E-state index in [1.165, 1.54) is 37.9 Å². The van der Waals surface area contributed by atoms with Crippen molar-refractivity contribution in [1.29, 1.82) is 0 Å². The summed E-state index contributed by atoms with van der Waals surface area (Å²) in [7, 11) is 0. The fourth-order valence-electron chi connectivity index (χ4n) is 2.80. The number of rotatable bonds is 9. The van der Waals surface area contributed by atoms with Crippen molar-refractivity contribution in [2.24, 2.45) is 0 Å². The number of para-hydroxylation sites is 1. The average molecular weight is 290 g/mol. The molecule has 0 atom stereocenters. The van der Waals surface area contributed by atoms with E-state index in [0.717, 1.165) is 25.3 Å². The minimum Gasteiger partial charge on any atom is -0.491 e. The maximum Gasteiger partial charge on any atom is 0.122 e. The molecule has 1 aliphatic rings. The first-order chi connectivity index (χ1) is 10.4. The molecular formula is C18H28NO2+. The van der Waals surface area contributed by atoms with Crippen LogP contribution in [0.2, 0.25) is 0 Å². The van der Waals surface area contributed by atoms with Crippen LogP contribution in [0.5, 0.6) is 5.75 Å². The van der Waals surface area contributed by atoms with E-state index in [1.54, 1.807) is 4.90 Å². The summed E-state index contributed by atoms with van der Waals surface area (Å²) in [6.45, 7) is 9.66. The van der Waals surface area contributed by atoms with Crippen LogP contribution in [0.25, 0.3) is 0 Å². The number of hydrogen-bond donors (Lipinski definition) is 1. The molecule has 1 aliphatic heterocycles. The smallest absolute Gasteiger partial charge is 0.122 e. The molecule has 21 heavy (non-hydrogen) atoms. The number of piperidine rings is 1. The summed E-state index contributed by atoms with van der Waals surface area (Å²) in [6, 6.07) is 8.13. The van der Waals surface area contributed by atoms with Gasteiger partial charge in [-0.25, -0.2) is 0 Å². The number of nitrogens with one attached hydrogen (secondary N) is 1. The molecule has 0 aliphatic carbocycles. The highest BCUT2D eigenvalue weighted by molar-refractivity contribution is 5.34. The number of benzene rings is 1. The van der Waals surface area contributed by atoms with Crippen LogP contribution in [0.15, 0.2) is 36.9 Å². The largest absolute Gasteiger partial charge is 0.491 e. The van der Waals surface area contributed by atoms with Crippen molar-refractivity contribution in [3.05, 3.63) is 42.5 Å². The van der Waals surface area contributed by atoms with Crippen LogP contribution in [0, 0.1) is 0 Å². The van der Waals surface area contributed by atoms with Gasteiger partial charge in [-0.1, -0.05) is 24.3 Å². The van der Waals surface area contributed by atoms with Crippen molar-refractivity contribution >= 4 is 0 Å². The van der Waals surface area contributed by atoms with Gasteiger partial charge in [0.25, 0.3) is 0 Å². The minimum atomic E-state index is 0.615. The highest BCUT2D eigenvalue weighted by Crippen LogP contribution is 2.18. The zero-order valence-electron chi connectivity index (χ0n) is 13.0. The highest BCUT2D eigenvalue weighted by Gasteiger charge is 2.12. The molecule has 3 heteroatoms. The lowest BCUT2D eigenvalue weighted by Gasteiger charge is -2.23. The van der Waals surface area contributed by atoms with Gasteiger partial charge in [0, 0.05) is 0 Å². The Bertz CT molecular complexity index is 413. The molecule has 0 amide bonds. The summed E-state index contributed by atoms with van der Waals surface area (Å²) in [4.78, 5) is 1.69. The first-order valence-electron chi connectivity index (χ1n) is 8.13. The Morgan fingerprint density at radius 2 is 1.86 bits per heavy atom. The number of allylic oxidation sites excluding steroid dienone is 1. The van der Waals surface area contributed by atoms with Gasteiger partial charge in [0.1, 0.15) is 18.9 Å². The Hall–Kier alpha value is -1.32. The topological polar surface area (TPSA) is 22.9 Å². The molecule has 1 N–H and O–H groups in total. The Balaban J connectivity index is 1.58. The van der Waals surface area contributed by atoms with Crippen molar-refractivity contribution < 1.29 is 14.4 Å². The molecule has 0 bridgehead atoms. The third-order valence-corrected chi connectivity index (χ3v) is 3.98. The Morgan fingerprint density at radius 1 is 1.05 bits per heavy atom. The van der Waals surface area contributed by atoms with Crippen molar-refractivity contribution in [2.75, 3.05) is 39.5 Å². The summed E-state index contributed by atoms with van der Waals surface area (Å²) < 4.78 is 11.5. The Kier molecular flexibility index (Phi) is 7.33. The zero-order valence-corrected chi connectivity index (χ0v) is 13.0. The van der Waals surface area contributed by atoms with E-state index in [0.29, 0.717) is 13.2 Å². The maximum absolute atomic E-state index is 5.80. The van der Waals surface area contributed by atoms with Crippen LogP contribution in [-0.2, 0) is 11.2 Å². The van der Waals surface area contributed by atoms with Crippen LogP contribution in [0.3, 0.4) is 0 Å². The molecule has 0 spiro atoms. The molecular weight excluding hydrogens is 262 g/mol. The van der Waals surface area contributed by atoms with E-state index in [-0.39, 0.29) is 0 Å². The average Bonchev–Trinajstić information content (AvgIpc) is 2.53. The molecule has 3 nitrogen and oxygen atoms in total. The van der Waals surface area contributed by atoms with Gasteiger partial charge in [-0.3, -0.25) is 0 Å². The first kappa shape index (κ1) is 16.1. The first-order valence-corrected chi connectivity index (χ1v) is 8.13. The van der Waals surface area contributed by atoms with Crippen LogP contribution >= 0.6 is 0 Å². The zero-order chi connectivity index (χ0) is 14.8. The standard InChI is InChI=1S/C18H27NO2/c1-2-8-17-9-4-5-10-18(17)21-16-15-20-14-13-19-11-6-3-7-12-19/h2,4-5,9-10H,1,3,6-8,11-16H2/p+1. The molecule has 2 rings (SSSR count). The van der Waals surface area contributed by atoms with Crippen molar-refractivity contribution in [3.63, 3.8) is 0 Å². The van der Waals surface area contributed by atoms with Crippen LogP contribution in [0.4, 0.5) is 0 Å². The quantitative estimate of drug-likeness (QED) is 0.554. The molecule has 1 saturated heterocycles. The van der Waals surface area contributed by atoms with Gasteiger partial charge in [0.05, 0.1) is 26.3 Å². The summed E-state index contributed by atoms with van der Waals surface area (Å²) in [5.41, 5.74) is 1.19. The number of ether oxygens (including phenoxy) is 2. The second kappa shape index (κ2) is 9.59. The number of quaternary nitrogens is 1. The van der Waals surface area contributed by atoms with Gasteiger partial charge < -0.3 is 14.4 Å². The van der Waals surface area contributed by atoms with Crippen LogP contribution < -0.4 is 9.64 Å². The van der Waals surface area contributed by atoms with Crippen molar-refractivity contribution in [1.82, 2.24) is 0 Å². The van der Waals surface area contributed by atoms with Gasteiger partial charge in [0.2, 0.25) is 0 Å². The van der Waals surface area contributed by atoms with Gasteiger partial charge in [0.15, 0.2) is 0 Å². The summed E-state index contributed by atoms with van der Waals surface area (Å²) >= 11 is 0. The lowest BCUT2D eigenvalue weighted by molar-refractivity contribution is -0.905. The fourth-order valence-corrected chi connectivity index (χ4v) is 2.80. The number of hydrogen-bond acceptors (Lipinski definition) is 2. The molecule has 0 unspecified atom stereocenters. The molecule has 1 aromatic rings. The summed E-state index contributed by atoms with van der Waals surface area (Å²) in [5.74, 6) is 0.947. The van der Waals surface area contributed by atoms with Crippen LogP contribution in [0.1, 0.15) is 24.8 Å². The van der Waals surface area contributed by atoms with Crippen molar-refractivity contribution in [2.45, 2.75) is 25.7 Å².